The van der Waals surface area contributed by atoms with Crippen LogP contribution in [-0.4, -0.2) is 52.1 Å². The highest BCUT2D eigenvalue weighted by molar-refractivity contribution is 5.88. The van der Waals surface area contributed by atoms with Crippen LogP contribution in [0.25, 0.3) is 0 Å². The molecule has 1 saturated heterocycles. The second-order valence-corrected chi connectivity index (χ2v) is 5.04. The molecule has 2 heterocycles. The molecule has 0 radical (unpaired) electrons. The monoisotopic (exact) mass is 278 g/mol. The van der Waals surface area contributed by atoms with Gasteiger partial charge in [-0.15, -0.1) is 5.10 Å². The molecule has 110 valence electrons. The number of ether oxygens (including phenoxy) is 1. The first-order valence-corrected chi connectivity index (χ1v) is 7.13. The van der Waals surface area contributed by atoms with Crippen molar-refractivity contribution in [3.63, 3.8) is 0 Å². The lowest BCUT2D eigenvalue weighted by molar-refractivity contribution is 0.0542. The van der Waals surface area contributed by atoms with Gasteiger partial charge in [0.25, 0.3) is 0 Å². The normalized spacial score (nSPS) is 16.1. The van der Waals surface area contributed by atoms with Crippen LogP contribution < -0.4 is 0 Å². The molecule has 0 aliphatic carbocycles. The van der Waals surface area contributed by atoms with E-state index < -0.39 is 5.97 Å². The summed E-state index contributed by atoms with van der Waals surface area (Å²) in [7, 11) is 0. The van der Waals surface area contributed by atoms with E-state index in [0.29, 0.717) is 5.69 Å². The number of likely N-dealkylation sites (tertiary alicyclic amines) is 1. The van der Waals surface area contributed by atoms with Gasteiger partial charge in [-0.25, -0.2) is 9.48 Å². The summed E-state index contributed by atoms with van der Waals surface area (Å²) in [4.78, 5) is 14.2. The molecular weight excluding hydrogens is 256 g/mol. The predicted octanol–water partition coefficient (Wildman–Crippen LogP) is 1.42. The third-order valence-electron chi connectivity index (χ3n) is 3.58. The van der Waals surface area contributed by atoms with Gasteiger partial charge in [0, 0.05) is 6.54 Å². The third kappa shape index (κ3) is 3.66. The summed E-state index contributed by atoms with van der Waals surface area (Å²) in [5, 5.41) is 7.96. The fraction of sp³-hybridized carbons (Fsp3) is 0.643. The van der Waals surface area contributed by atoms with Gasteiger partial charge in [0.05, 0.1) is 12.2 Å². The largest absolute Gasteiger partial charge is 0.457 e. The number of nitrogens with zero attached hydrogens (tertiary/aromatic N) is 4. The first-order valence-electron chi connectivity index (χ1n) is 7.13. The number of esters is 1. The maximum atomic E-state index is 11.7. The van der Waals surface area contributed by atoms with E-state index in [-0.39, 0.29) is 6.61 Å². The summed E-state index contributed by atoms with van der Waals surface area (Å²) in [6.07, 6.45) is 5.41. The van der Waals surface area contributed by atoms with Crippen LogP contribution in [-0.2, 0) is 11.3 Å². The van der Waals surface area contributed by atoms with Crippen molar-refractivity contribution in [3.05, 3.63) is 24.0 Å². The van der Waals surface area contributed by atoms with Crippen molar-refractivity contribution >= 4 is 5.97 Å². The Hall–Kier alpha value is -1.69. The molecule has 0 N–H and O–H groups in total. The Morgan fingerprint density at radius 2 is 2.10 bits per heavy atom. The first-order chi connectivity index (χ1) is 9.72. The second-order valence-electron chi connectivity index (χ2n) is 5.04. The van der Waals surface area contributed by atoms with Gasteiger partial charge in [0.1, 0.15) is 6.61 Å². The molecule has 6 nitrogen and oxygen atoms in total. The Morgan fingerprint density at radius 1 is 1.35 bits per heavy atom. The molecule has 1 fully saturated rings. The second kappa shape index (κ2) is 7.19. The van der Waals surface area contributed by atoms with Crippen molar-refractivity contribution in [2.45, 2.75) is 32.7 Å². The topological polar surface area (TPSA) is 60.2 Å². The highest BCUT2D eigenvalue weighted by Gasteiger charge is 2.18. The van der Waals surface area contributed by atoms with Crippen LogP contribution in [0.2, 0.25) is 0 Å². The van der Waals surface area contributed by atoms with Crippen molar-refractivity contribution in [1.29, 1.82) is 0 Å². The van der Waals surface area contributed by atoms with Gasteiger partial charge in [-0.3, -0.25) is 0 Å². The quantitative estimate of drug-likeness (QED) is 0.582. The van der Waals surface area contributed by atoms with Crippen LogP contribution in [0.4, 0.5) is 0 Å². The molecule has 0 bridgehead atoms. The predicted molar refractivity (Wildman–Crippen MR) is 75.5 cm³/mol. The van der Waals surface area contributed by atoms with Crippen molar-refractivity contribution in [1.82, 2.24) is 19.9 Å². The summed E-state index contributed by atoms with van der Waals surface area (Å²) in [5.41, 5.74) is 1.06. The van der Waals surface area contributed by atoms with E-state index in [1.165, 1.54) is 25.3 Å². The van der Waals surface area contributed by atoms with Gasteiger partial charge in [-0.2, -0.15) is 0 Å². The number of rotatable bonds is 6. The average Bonchev–Trinajstić information content (AvgIpc) is 2.85. The molecule has 6 heteroatoms. The molecule has 1 aliphatic rings. The van der Waals surface area contributed by atoms with E-state index in [0.717, 1.165) is 31.9 Å². The van der Waals surface area contributed by atoms with Crippen molar-refractivity contribution < 1.29 is 9.53 Å². The molecule has 0 aromatic carbocycles. The van der Waals surface area contributed by atoms with E-state index >= 15 is 0 Å². The zero-order chi connectivity index (χ0) is 14.4. The van der Waals surface area contributed by atoms with E-state index in [4.69, 9.17) is 4.74 Å². The number of piperidine rings is 1. The summed E-state index contributed by atoms with van der Waals surface area (Å²) >= 11 is 0. The number of carbonyl (C=O) groups excluding carboxylic acids is 1. The molecule has 0 spiro atoms. The highest BCUT2D eigenvalue weighted by atomic mass is 16.5. The minimum atomic E-state index is -0.438. The van der Waals surface area contributed by atoms with Crippen LogP contribution in [0.15, 0.2) is 12.7 Å². The molecule has 20 heavy (non-hydrogen) atoms. The Balaban J connectivity index is 1.90. The molecular formula is C14H22N4O2. The van der Waals surface area contributed by atoms with Gasteiger partial charge < -0.3 is 9.64 Å². The van der Waals surface area contributed by atoms with E-state index in [1.807, 2.05) is 6.92 Å². The van der Waals surface area contributed by atoms with Crippen molar-refractivity contribution in [2.75, 3.05) is 26.2 Å². The molecule has 1 aromatic heterocycles. The standard InChI is InChI=1S/C14H22N4O2/c1-3-11-20-14(19)13-12(2)18(16-15-13)10-9-17-7-5-4-6-8-17/h3H,1,4-11H2,2H3. The van der Waals surface area contributed by atoms with E-state index in [9.17, 15) is 4.79 Å². The minimum absolute atomic E-state index is 0.193. The molecule has 0 saturated carbocycles. The maximum Gasteiger partial charge on any atom is 0.361 e. The van der Waals surface area contributed by atoms with Crippen LogP contribution in [0.5, 0.6) is 0 Å². The number of hydrogen-bond acceptors (Lipinski definition) is 5. The molecule has 0 atom stereocenters. The summed E-state index contributed by atoms with van der Waals surface area (Å²) in [6, 6.07) is 0. The Morgan fingerprint density at radius 3 is 2.80 bits per heavy atom. The lowest BCUT2D eigenvalue weighted by atomic mass is 10.1. The van der Waals surface area contributed by atoms with E-state index in [1.54, 1.807) is 4.68 Å². The number of carbonyl (C=O) groups is 1. The summed E-state index contributed by atoms with van der Waals surface area (Å²) < 4.78 is 6.76. The first kappa shape index (κ1) is 14.7. The smallest absolute Gasteiger partial charge is 0.361 e. The van der Waals surface area contributed by atoms with Crippen LogP contribution in [0.1, 0.15) is 35.4 Å². The zero-order valence-corrected chi connectivity index (χ0v) is 12.0. The van der Waals surface area contributed by atoms with Crippen LogP contribution in [0.3, 0.4) is 0 Å². The molecule has 0 unspecified atom stereocenters. The molecule has 1 aliphatic heterocycles. The Labute approximate surface area is 119 Å². The van der Waals surface area contributed by atoms with Crippen molar-refractivity contribution in [2.24, 2.45) is 0 Å². The number of aromatic nitrogens is 3. The lowest BCUT2D eigenvalue weighted by Crippen LogP contribution is -2.33. The zero-order valence-electron chi connectivity index (χ0n) is 12.0. The molecule has 0 amide bonds. The fourth-order valence-corrected chi connectivity index (χ4v) is 2.38. The van der Waals surface area contributed by atoms with Gasteiger partial charge in [0.2, 0.25) is 0 Å². The molecule has 2 rings (SSSR count). The van der Waals surface area contributed by atoms with E-state index in [2.05, 4.69) is 21.8 Å². The number of hydrogen-bond donors (Lipinski definition) is 0. The fourth-order valence-electron chi connectivity index (χ4n) is 2.38. The maximum absolute atomic E-state index is 11.7. The van der Waals surface area contributed by atoms with Gasteiger partial charge in [0.15, 0.2) is 5.69 Å². The summed E-state index contributed by atoms with van der Waals surface area (Å²) in [5.74, 6) is -0.438. The van der Waals surface area contributed by atoms with Crippen molar-refractivity contribution in [3.8, 4) is 0 Å². The summed E-state index contributed by atoms with van der Waals surface area (Å²) in [6.45, 7) is 9.57. The third-order valence-corrected chi connectivity index (χ3v) is 3.58. The van der Waals surface area contributed by atoms with Gasteiger partial charge >= 0.3 is 5.97 Å². The molecule has 1 aromatic rings. The van der Waals surface area contributed by atoms with Gasteiger partial charge in [-0.1, -0.05) is 24.3 Å². The highest BCUT2D eigenvalue weighted by Crippen LogP contribution is 2.10. The van der Waals surface area contributed by atoms with Crippen LogP contribution >= 0.6 is 0 Å². The SMILES string of the molecule is C=CCOC(=O)c1nnn(CCN2CCCCC2)c1C. The lowest BCUT2D eigenvalue weighted by Gasteiger charge is -2.26. The Kier molecular flexibility index (Phi) is 5.29. The van der Waals surface area contributed by atoms with Crippen LogP contribution in [0, 0.1) is 6.92 Å². The van der Waals surface area contributed by atoms with Gasteiger partial charge in [-0.05, 0) is 32.9 Å². The Bertz CT molecular complexity index is 464. The minimum Gasteiger partial charge on any atom is -0.457 e. The average molecular weight is 278 g/mol.